The zero-order chi connectivity index (χ0) is 19.5. The number of rotatable bonds is 9. The van der Waals surface area contributed by atoms with Gasteiger partial charge in [0.05, 0.1) is 24.5 Å². The molecule has 0 atom stereocenters. The Balaban J connectivity index is 1.90. The van der Waals surface area contributed by atoms with Crippen molar-refractivity contribution >= 4 is 17.7 Å². The summed E-state index contributed by atoms with van der Waals surface area (Å²) in [6.07, 6.45) is 1.75. The Hall–Kier alpha value is -3.02. The summed E-state index contributed by atoms with van der Waals surface area (Å²) in [5.74, 6) is 0.354. The van der Waals surface area contributed by atoms with E-state index in [2.05, 4.69) is 10.6 Å². The maximum atomic E-state index is 12.2. The first-order chi connectivity index (χ1) is 13.1. The summed E-state index contributed by atoms with van der Waals surface area (Å²) in [7, 11) is 0. The Bertz CT molecular complexity index is 744. The molecule has 0 saturated heterocycles. The molecule has 0 aromatic heterocycles. The molecule has 27 heavy (non-hydrogen) atoms. The van der Waals surface area contributed by atoms with Crippen LogP contribution in [-0.2, 0) is 11.3 Å². The zero-order valence-electron chi connectivity index (χ0n) is 15.8. The van der Waals surface area contributed by atoms with Crippen molar-refractivity contribution in [2.24, 2.45) is 0 Å². The number of unbranched alkanes of at least 4 members (excludes halogenated alkanes) is 1. The number of hydrogen-bond donors (Lipinski definition) is 2. The lowest BCUT2D eigenvalue weighted by Crippen LogP contribution is -2.29. The van der Waals surface area contributed by atoms with Gasteiger partial charge in [-0.25, -0.2) is 9.59 Å². The summed E-state index contributed by atoms with van der Waals surface area (Å²) in [5.41, 5.74) is 1.70. The molecule has 2 aromatic rings. The quantitative estimate of drug-likeness (QED) is 0.508. The van der Waals surface area contributed by atoms with E-state index < -0.39 is 12.0 Å². The average Bonchev–Trinajstić information content (AvgIpc) is 2.68. The van der Waals surface area contributed by atoms with E-state index >= 15 is 0 Å². The van der Waals surface area contributed by atoms with Crippen LogP contribution in [0.5, 0.6) is 5.75 Å². The van der Waals surface area contributed by atoms with Gasteiger partial charge in [0.15, 0.2) is 0 Å². The summed E-state index contributed by atoms with van der Waals surface area (Å²) in [6.45, 7) is 5.30. The van der Waals surface area contributed by atoms with Gasteiger partial charge in [0.25, 0.3) is 0 Å². The molecule has 0 unspecified atom stereocenters. The number of ether oxygens (including phenoxy) is 2. The average molecular weight is 370 g/mol. The number of anilines is 1. The van der Waals surface area contributed by atoms with Gasteiger partial charge in [0, 0.05) is 6.54 Å². The summed E-state index contributed by atoms with van der Waals surface area (Å²) in [4.78, 5) is 24.4. The standard InChI is InChI=1S/C21H26N2O4/c1-3-5-14-27-20(24)18-8-6-7-9-19(18)23-21(25)22-15-16-10-12-17(13-11-16)26-4-2/h6-13H,3-5,14-15H2,1-2H3,(H2,22,23,25). The first-order valence-electron chi connectivity index (χ1n) is 9.16. The molecule has 0 aliphatic rings. The van der Waals surface area contributed by atoms with E-state index in [-0.39, 0.29) is 0 Å². The van der Waals surface area contributed by atoms with Crippen LogP contribution in [0.1, 0.15) is 42.6 Å². The largest absolute Gasteiger partial charge is 0.494 e. The minimum atomic E-state index is -0.439. The summed E-state index contributed by atoms with van der Waals surface area (Å²) >= 11 is 0. The number of amides is 2. The lowest BCUT2D eigenvalue weighted by Gasteiger charge is -2.12. The number of nitrogens with one attached hydrogen (secondary N) is 2. The lowest BCUT2D eigenvalue weighted by molar-refractivity contribution is 0.0501. The van der Waals surface area contributed by atoms with Crippen LogP contribution >= 0.6 is 0 Å². The molecule has 0 fully saturated rings. The van der Waals surface area contributed by atoms with Gasteiger partial charge in [-0.1, -0.05) is 37.6 Å². The predicted molar refractivity (Wildman–Crippen MR) is 105 cm³/mol. The van der Waals surface area contributed by atoms with Crippen molar-refractivity contribution < 1.29 is 19.1 Å². The molecule has 0 aliphatic carbocycles. The highest BCUT2D eigenvalue weighted by atomic mass is 16.5. The van der Waals surface area contributed by atoms with E-state index in [9.17, 15) is 9.59 Å². The van der Waals surface area contributed by atoms with Crippen molar-refractivity contribution in [2.75, 3.05) is 18.5 Å². The second-order valence-corrected chi connectivity index (χ2v) is 5.92. The van der Waals surface area contributed by atoms with Crippen molar-refractivity contribution in [3.63, 3.8) is 0 Å². The summed E-state index contributed by atoms with van der Waals surface area (Å²) in [5, 5.41) is 5.48. The molecule has 0 saturated carbocycles. The van der Waals surface area contributed by atoms with Crippen LogP contribution in [0.2, 0.25) is 0 Å². The smallest absolute Gasteiger partial charge is 0.340 e. The van der Waals surface area contributed by atoms with Gasteiger partial charge in [-0.05, 0) is 43.2 Å². The third kappa shape index (κ3) is 6.66. The number of hydrogen-bond acceptors (Lipinski definition) is 4. The van der Waals surface area contributed by atoms with E-state index in [1.54, 1.807) is 24.3 Å². The maximum Gasteiger partial charge on any atom is 0.340 e. The molecule has 0 bridgehead atoms. The van der Waals surface area contributed by atoms with E-state index in [0.717, 1.165) is 24.2 Å². The van der Waals surface area contributed by atoms with Crippen LogP contribution in [0.25, 0.3) is 0 Å². The topological polar surface area (TPSA) is 76.7 Å². The van der Waals surface area contributed by atoms with Crippen LogP contribution in [0.3, 0.4) is 0 Å². The molecule has 2 aromatic carbocycles. The molecule has 0 spiro atoms. The van der Waals surface area contributed by atoms with E-state index in [0.29, 0.717) is 31.0 Å². The Kier molecular flexibility index (Phi) is 8.16. The molecule has 0 aliphatic heterocycles. The van der Waals surface area contributed by atoms with Crippen LogP contribution in [0, 0.1) is 0 Å². The van der Waals surface area contributed by atoms with Crippen LogP contribution in [0.15, 0.2) is 48.5 Å². The number of carbonyl (C=O) groups excluding carboxylic acids is 2. The Morgan fingerprint density at radius 3 is 2.44 bits per heavy atom. The monoisotopic (exact) mass is 370 g/mol. The van der Waals surface area contributed by atoms with Crippen LogP contribution in [-0.4, -0.2) is 25.2 Å². The molecular formula is C21H26N2O4. The van der Waals surface area contributed by atoms with Gasteiger partial charge in [-0.2, -0.15) is 0 Å². The highest BCUT2D eigenvalue weighted by Gasteiger charge is 2.14. The maximum absolute atomic E-state index is 12.2. The van der Waals surface area contributed by atoms with Crippen molar-refractivity contribution in [3.8, 4) is 5.75 Å². The van der Waals surface area contributed by atoms with Gasteiger partial charge in [-0.15, -0.1) is 0 Å². The first kappa shape index (κ1) is 20.3. The molecule has 2 rings (SSSR count). The Labute approximate surface area is 159 Å². The fourth-order valence-corrected chi connectivity index (χ4v) is 2.38. The molecule has 6 heteroatoms. The molecular weight excluding hydrogens is 344 g/mol. The lowest BCUT2D eigenvalue weighted by atomic mass is 10.2. The molecule has 6 nitrogen and oxygen atoms in total. The van der Waals surface area contributed by atoms with Gasteiger partial charge in [-0.3, -0.25) is 0 Å². The van der Waals surface area contributed by atoms with Gasteiger partial charge >= 0.3 is 12.0 Å². The summed E-state index contributed by atoms with van der Waals surface area (Å²) < 4.78 is 10.6. The minimum Gasteiger partial charge on any atom is -0.494 e. The summed E-state index contributed by atoms with van der Waals surface area (Å²) in [6, 6.07) is 13.9. The third-order valence-corrected chi connectivity index (χ3v) is 3.81. The van der Waals surface area contributed by atoms with Crippen molar-refractivity contribution in [1.82, 2.24) is 5.32 Å². The fraction of sp³-hybridized carbons (Fsp3) is 0.333. The van der Waals surface area contributed by atoms with Crippen LogP contribution in [0.4, 0.5) is 10.5 Å². The van der Waals surface area contributed by atoms with Crippen molar-refractivity contribution in [1.29, 1.82) is 0 Å². The second kappa shape index (κ2) is 10.9. The molecule has 2 N–H and O–H groups in total. The highest BCUT2D eigenvalue weighted by molar-refractivity contribution is 6.00. The molecule has 2 amide bonds. The number of para-hydroxylation sites is 1. The number of urea groups is 1. The van der Waals surface area contributed by atoms with Gasteiger partial charge < -0.3 is 20.1 Å². The zero-order valence-corrected chi connectivity index (χ0v) is 15.8. The second-order valence-electron chi connectivity index (χ2n) is 5.92. The van der Waals surface area contributed by atoms with Gasteiger partial charge in [0.1, 0.15) is 5.75 Å². The number of carbonyl (C=O) groups is 2. The molecule has 144 valence electrons. The van der Waals surface area contributed by atoms with E-state index in [4.69, 9.17) is 9.47 Å². The van der Waals surface area contributed by atoms with E-state index in [1.807, 2.05) is 38.1 Å². The minimum absolute atomic E-state index is 0.338. The molecule has 0 heterocycles. The predicted octanol–water partition coefficient (Wildman–Crippen LogP) is 4.36. The Morgan fingerprint density at radius 2 is 1.74 bits per heavy atom. The number of esters is 1. The first-order valence-corrected chi connectivity index (χ1v) is 9.16. The van der Waals surface area contributed by atoms with Crippen LogP contribution < -0.4 is 15.4 Å². The Morgan fingerprint density at radius 1 is 1.00 bits per heavy atom. The van der Waals surface area contributed by atoms with Crippen molar-refractivity contribution in [2.45, 2.75) is 33.2 Å². The van der Waals surface area contributed by atoms with E-state index in [1.165, 1.54) is 0 Å². The van der Waals surface area contributed by atoms with Gasteiger partial charge in [0.2, 0.25) is 0 Å². The molecule has 0 radical (unpaired) electrons. The fourth-order valence-electron chi connectivity index (χ4n) is 2.38. The number of benzene rings is 2. The third-order valence-electron chi connectivity index (χ3n) is 3.81. The van der Waals surface area contributed by atoms with Crippen molar-refractivity contribution in [3.05, 3.63) is 59.7 Å². The normalized spacial score (nSPS) is 10.1. The SMILES string of the molecule is CCCCOC(=O)c1ccccc1NC(=O)NCc1ccc(OCC)cc1. The highest BCUT2D eigenvalue weighted by Crippen LogP contribution is 2.17.